The van der Waals surface area contributed by atoms with Gasteiger partial charge >= 0.3 is 12.2 Å². The number of furan rings is 1. The minimum atomic E-state index is -4.52. The van der Waals surface area contributed by atoms with E-state index in [0.717, 1.165) is 12.1 Å². The Bertz CT molecular complexity index is 674. The maximum absolute atomic E-state index is 12.5. The number of hydrogen-bond donors (Lipinski definition) is 3. The molecule has 3 N–H and O–H groups in total. The first kappa shape index (κ1) is 17.2. The van der Waals surface area contributed by atoms with Crippen molar-refractivity contribution in [3.05, 3.63) is 52.9 Å². The van der Waals surface area contributed by atoms with Crippen LogP contribution in [0.15, 0.2) is 41.0 Å². The zero-order chi connectivity index (χ0) is 17.0. The van der Waals surface area contributed by atoms with Crippen molar-refractivity contribution >= 4 is 23.3 Å². The van der Waals surface area contributed by atoms with Gasteiger partial charge in [-0.3, -0.25) is 0 Å². The number of carbonyl (C=O) groups is 1. The maximum atomic E-state index is 12.5. The highest BCUT2D eigenvalue weighted by Gasteiger charge is 2.31. The maximum Gasteiger partial charge on any atom is 0.416 e. The standard InChI is InChI=1S/C14H12ClF3N2O3/c15-9-6-8(14(16,17)18)3-4-10(9)19-13(22)20-11(7-21)12-2-1-5-23-12/h1-6,11,21H,7H2,(H2,19,20,22)/t11-/m0/s1. The van der Waals surface area contributed by atoms with Crippen LogP contribution in [-0.4, -0.2) is 17.7 Å². The molecule has 1 atom stereocenters. The first-order valence-corrected chi connectivity index (χ1v) is 6.77. The van der Waals surface area contributed by atoms with E-state index in [9.17, 15) is 23.1 Å². The molecule has 1 aromatic carbocycles. The molecule has 2 rings (SSSR count). The molecule has 0 aliphatic rings. The van der Waals surface area contributed by atoms with Crippen molar-refractivity contribution in [3.63, 3.8) is 0 Å². The number of aliphatic hydroxyl groups is 1. The largest absolute Gasteiger partial charge is 0.467 e. The molecule has 23 heavy (non-hydrogen) atoms. The molecule has 0 spiro atoms. The SMILES string of the molecule is O=C(Nc1ccc(C(F)(F)F)cc1Cl)N[C@@H](CO)c1ccco1. The van der Waals surface area contributed by atoms with Crippen molar-refractivity contribution in [2.45, 2.75) is 12.2 Å². The van der Waals surface area contributed by atoms with Crippen molar-refractivity contribution in [1.82, 2.24) is 5.32 Å². The van der Waals surface area contributed by atoms with Gasteiger partial charge in [0, 0.05) is 0 Å². The lowest BCUT2D eigenvalue weighted by Crippen LogP contribution is -2.34. The normalized spacial score (nSPS) is 12.7. The summed E-state index contributed by atoms with van der Waals surface area (Å²) in [6, 6.07) is 4.17. The number of carbonyl (C=O) groups excluding carboxylic acids is 1. The smallest absolute Gasteiger partial charge is 0.416 e. The van der Waals surface area contributed by atoms with Gasteiger partial charge in [-0.1, -0.05) is 11.6 Å². The number of alkyl halides is 3. The lowest BCUT2D eigenvalue weighted by atomic mass is 10.2. The molecular weight excluding hydrogens is 337 g/mol. The average molecular weight is 349 g/mol. The Balaban J connectivity index is 2.05. The van der Waals surface area contributed by atoms with E-state index in [1.54, 1.807) is 12.1 Å². The van der Waals surface area contributed by atoms with Crippen LogP contribution in [0.25, 0.3) is 0 Å². The third kappa shape index (κ3) is 4.40. The van der Waals surface area contributed by atoms with Crippen molar-refractivity contribution in [2.75, 3.05) is 11.9 Å². The number of nitrogens with one attached hydrogen (secondary N) is 2. The zero-order valence-corrected chi connectivity index (χ0v) is 12.3. The molecular formula is C14H12ClF3N2O3. The topological polar surface area (TPSA) is 74.5 Å². The minimum Gasteiger partial charge on any atom is -0.467 e. The zero-order valence-electron chi connectivity index (χ0n) is 11.5. The molecule has 0 saturated heterocycles. The van der Waals surface area contributed by atoms with Crippen LogP contribution in [0.3, 0.4) is 0 Å². The van der Waals surface area contributed by atoms with Gasteiger partial charge in [-0.15, -0.1) is 0 Å². The van der Waals surface area contributed by atoms with E-state index < -0.39 is 30.4 Å². The molecule has 0 aliphatic heterocycles. The number of benzene rings is 1. The minimum absolute atomic E-state index is 0.00769. The Morgan fingerprint density at radius 2 is 2.09 bits per heavy atom. The second kappa shape index (κ2) is 6.93. The number of anilines is 1. The van der Waals surface area contributed by atoms with E-state index in [1.807, 2.05) is 0 Å². The molecule has 1 heterocycles. The molecule has 5 nitrogen and oxygen atoms in total. The summed E-state index contributed by atoms with van der Waals surface area (Å²) in [5.41, 5.74) is -0.912. The van der Waals surface area contributed by atoms with E-state index in [0.29, 0.717) is 11.8 Å². The fourth-order valence-corrected chi connectivity index (χ4v) is 2.03. The van der Waals surface area contributed by atoms with Crippen LogP contribution in [0, 0.1) is 0 Å². The number of halogens is 4. The highest BCUT2D eigenvalue weighted by Crippen LogP contribution is 2.33. The number of amides is 2. The molecule has 124 valence electrons. The number of aliphatic hydroxyl groups excluding tert-OH is 1. The van der Waals surface area contributed by atoms with E-state index in [4.69, 9.17) is 16.0 Å². The molecule has 0 fully saturated rings. The Kier molecular flexibility index (Phi) is 5.17. The van der Waals surface area contributed by atoms with Gasteiger partial charge in [-0.05, 0) is 30.3 Å². The van der Waals surface area contributed by atoms with Crippen molar-refractivity contribution < 1.29 is 27.5 Å². The Morgan fingerprint density at radius 1 is 1.35 bits per heavy atom. The molecule has 2 aromatic rings. The molecule has 9 heteroatoms. The fraction of sp³-hybridized carbons (Fsp3) is 0.214. The quantitative estimate of drug-likeness (QED) is 0.786. The van der Waals surface area contributed by atoms with Crippen LogP contribution in [0.1, 0.15) is 17.4 Å². The summed E-state index contributed by atoms with van der Waals surface area (Å²) in [7, 11) is 0. The molecule has 0 bridgehead atoms. The fourth-order valence-electron chi connectivity index (χ4n) is 1.81. The Morgan fingerprint density at radius 3 is 2.61 bits per heavy atom. The van der Waals surface area contributed by atoms with E-state index >= 15 is 0 Å². The third-order valence-electron chi connectivity index (χ3n) is 2.92. The summed E-state index contributed by atoms with van der Waals surface area (Å²) < 4.78 is 42.7. The second-order valence-electron chi connectivity index (χ2n) is 4.54. The van der Waals surface area contributed by atoms with Gasteiger partial charge in [-0.2, -0.15) is 13.2 Å². The highest BCUT2D eigenvalue weighted by molar-refractivity contribution is 6.33. The summed E-state index contributed by atoms with van der Waals surface area (Å²) in [4.78, 5) is 11.9. The first-order valence-electron chi connectivity index (χ1n) is 6.40. The van der Waals surface area contributed by atoms with Gasteiger partial charge in [0.05, 0.1) is 29.1 Å². The first-order chi connectivity index (χ1) is 10.8. The Labute approximate surface area is 134 Å². The van der Waals surface area contributed by atoms with E-state index in [1.165, 1.54) is 6.26 Å². The van der Waals surface area contributed by atoms with Crippen LogP contribution in [0.5, 0.6) is 0 Å². The van der Waals surface area contributed by atoms with Crippen LogP contribution >= 0.6 is 11.6 Å². The van der Waals surface area contributed by atoms with Gasteiger partial charge in [0.15, 0.2) is 0 Å². The lowest BCUT2D eigenvalue weighted by Gasteiger charge is -2.16. The average Bonchev–Trinajstić information content (AvgIpc) is 3.00. The summed E-state index contributed by atoms with van der Waals surface area (Å²) in [6.45, 7) is -0.415. The number of hydrogen-bond acceptors (Lipinski definition) is 3. The molecule has 0 saturated carbocycles. The summed E-state index contributed by atoms with van der Waals surface area (Å²) in [5, 5.41) is 13.7. The van der Waals surface area contributed by atoms with Crippen molar-refractivity contribution in [3.8, 4) is 0 Å². The van der Waals surface area contributed by atoms with Crippen LogP contribution < -0.4 is 10.6 Å². The number of rotatable bonds is 4. The van der Waals surface area contributed by atoms with Gasteiger partial charge in [0.1, 0.15) is 11.8 Å². The van der Waals surface area contributed by atoms with Crippen LogP contribution in [0.2, 0.25) is 5.02 Å². The summed E-state index contributed by atoms with van der Waals surface area (Å²) in [5.74, 6) is 0.334. The van der Waals surface area contributed by atoms with Gasteiger partial charge < -0.3 is 20.2 Å². The van der Waals surface area contributed by atoms with Crippen LogP contribution in [0.4, 0.5) is 23.7 Å². The monoisotopic (exact) mass is 348 g/mol. The molecule has 1 aromatic heterocycles. The predicted molar refractivity (Wildman–Crippen MR) is 77.1 cm³/mol. The van der Waals surface area contributed by atoms with Gasteiger partial charge in [0.2, 0.25) is 0 Å². The van der Waals surface area contributed by atoms with E-state index in [-0.39, 0.29) is 10.7 Å². The predicted octanol–water partition coefficient (Wildman–Crippen LogP) is 3.81. The third-order valence-corrected chi connectivity index (χ3v) is 3.23. The Hall–Kier alpha value is -2.19. The summed E-state index contributed by atoms with van der Waals surface area (Å²) in [6.07, 6.45) is -3.14. The van der Waals surface area contributed by atoms with Crippen LogP contribution in [-0.2, 0) is 6.18 Å². The molecule has 2 amide bonds. The van der Waals surface area contributed by atoms with Crippen molar-refractivity contribution in [2.24, 2.45) is 0 Å². The lowest BCUT2D eigenvalue weighted by molar-refractivity contribution is -0.137. The van der Waals surface area contributed by atoms with Gasteiger partial charge in [0.25, 0.3) is 0 Å². The summed E-state index contributed by atoms with van der Waals surface area (Å²) >= 11 is 5.74. The molecule has 0 aliphatic carbocycles. The van der Waals surface area contributed by atoms with E-state index in [2.05, 4.69) is 10.6 Å². The highest BCUT2D eigenvalue weighted by atomic mass is 35.5. The molecule has 0 radical (unpaired) electrons. The number of urea groups is 1. The molecule has 0 unspecified atom stereocenters. The second-order valence-corrected chi connectivity index (χ2v) is 4.95. The van der Waals surface area contributed by atoms with Gasteiger partial charge in [-0.25, -0.2) is 4.79 Å². The van der Waals surface area contributed by atoms with Crippen molar-refractivity contribution in [1.29, 1.82) is 0 Å².